The number of nitrogens with one attached hydrogen (secondary N) is 1. The summed E-state index contributed by atoms with van der Waals surface area (Å²) in [5.74, 6) is -0.446. The van der Waals surface area contributed by atoms with Crippen LogP contribution in [0, 0.1) is 11.6 Å². The first-order valence-electron chi connectivity index (χ1n) is 12.7. The highest BCUT2D eigenvalue weighted by molar-refractivity contribution is 5.81. The Bertz CT molecular complexity index is 1260. The second-order valence-electron chi connectivity index (χ2n) is 10.1. The Morgan fingerprint density at radius 2 is 1.68 bits per heavy atom. The zero-order valence-corrected chi connectivity index (χ0v) is 20.9. The Kier molecular flexibility index (Phi) is 6.66. The Balaban J connectivity index is 1.37. The maximum absolute atomic E-state index is 13.9. The molecule has 3 aliphatic rings. The van der Waals surface area contributed by atoms with Gasteiger partial charge in [-0.15, -0.1) is 0 Å². The Morgan fingerprint density at radius 1 is 0.946 bits per heavy atom. The van der Waals surface area contributed by atoms with Crippen molar-refractivity contribution >= 4 is 22.5 Å². The largest absolute Gasteiger partial charge is 0.378 e. The van der Waals surface area contributed by atoms with E-state index >= 15 is 0 Å². The Hall–Kier alpha value is -2.92. The minimum atomic E-state index is -0.622. The van der Waals surface area contributed by atoms with E-state index in [-0.39, 0.29) is 11.6 Å². The summed E-state index contributed by atoms with van der Waals surface area (Å²) in [4.78, 5) is 14.4. The number of benzene rings is 2. The molecule has 10 heteroatoms. The summed E-state index contributed by atoms with van der Waals surface area (Å²) in [5.41, 5.74) is 3.88. The molecule has 3 aromatic rings. The van der Waals surface area contributed by atoms with Crippen LogP contribution >= 0.6 is 0 Å². The summed E-state index contributed by atoms with van der Waals surface area (Å²) in [6.07, 6.45) is 1.82. The predicted octanol–water partition coefficient (Wildman–Crippen LogP) is 3.52. The number of anilines is 2. The van der Waals surface area contributed by atoms with Crippen LogP contribution in [-0.2, 0) is 20.8 Å². The molecule has 2 aromatic carbocycles. The fourth-order valence-corrected chi connectivity index (χ4v) is 5.36. The van der Waals surface area contributed by atoms with Crippen molar-refractivity contribution in [2.24, 2.45) is 0 Å². The van der Waals surface area contributed by atoms with Gasteiger partial charge < -0.3 is 24.4 Å². The van der Waals surface area contributed by atoms with Gasteiger partial charge in [0.05, 0.1) is 68.5 Å². The number of aromatic nitrogens is 2. The molecule has 0 radical (unpaired) electrons. The first-order chi connectivity index (χ1) is 18.0. The van der Waals surface area contributed by atoms with Gasteiger partial charge >= 0.3 is 0 Å². The van der Waals surface area contributed by atoms with Gasteiger partial charge in [0.2, 0.25) is 0 Å². The van der Waals surface area contributed by atoms with E-state index < -0.39 is 11.6 Å². The highest BCUT2D eigenvalue weighted by Crippen LogP contribution is 2.33. The molecule has 3 fully saturated rings. The van der Waals surface area contributed by atoms with Crippen molar-refractivity contribution < 1.29 is 23.0 Å². The molecule has 3 saturated heterocycles. The van der Waals surface area contributed by atoms with Crippen LogP contribution in [0.15, 0.2) is 36.5 Å². The van der Waals surface area contributed by atoms with Crippen molar-refractivity contribution in [1.29, 1.82) is 0 Å². The number of fused-ring (bicyclic) bond motifs is 1. The molecule has 1 spiro atoms. The molecule has 37 heavy (non-hydrogen) atoms. The topological polar surface area (TPSA) is 72.0 Å². The molecule has 3 aliphatic heterocycles. The lowest BCUT2D eigenvalue weighted by molar-refractivity contribution is -0.200. The summed E-state index contributed by atoms with van der Waals surface area (Å²) in [5, 5.41) is 3.27. The van der Waals surface area contributed by atoms with Gasteiger partial charge in [-0.25, -0.2) is 13.8 Å². The van der Waals surface area contributed by atoms with Crippen molar-refractivity contribution in [2.75, 3.05) is 69.5 Å². The van der Waals surface area contributed by atoms with E-state index in [0.29, 0.717) is 45.3 Å². The lowest BCUT2D eigenvalue weighted by atomic mass is 9.93. The third-order valence-corrected chi connectivity index (χ3v) is 7.43. The van der Waals surface area contributed by atoms with Crippen LogP contribution in [-0.4, -0.2) is 79.7 Å². The van der Waals surface area contributed by atoms with E-state index in [2.05, 4.69) is 27.2 Å². The third-order valence-electron chi connectivity index (χ3n) is 7.43. The highest BCUT2D eigenvalue weighted by Gasteiger charge is 2.46. The number of rotatable bonds is 6. The van der Waals surface area contributed by atoms with Crippen molar-refractivity contribution in [2.45, 2.75) is 25.0 Å². The number of nitrogens with zero attached hydrogens (tertiary/aromatic N) is 4. The van der Waals surface area contributed by atoms with Crippen LogP contribution in [0.5, 0.6) is 0 Å². The normalized spacial score (nSPS) is 20.7. The van der Waals surface area contributed by atoms with Crippen molar-refractivity contribution in [1.82, 2.24) is 14.9 Å². The standard InChI is InChI=1S/C27H31F2N5O3/c1-18(31-22-11-20(28)10-21(29)12-22)23-8-19(14-34-4-7-36-15-27(34)16-37-17-27)9-24-26(23)32-25(13-30-24)33-2-5-35-6-3-33/h8-13,18,31H,2-7,14-17H2,1H3. The monoisotopic (exact) mass is 511 g/mol. The fourth-order valence-electron chi connectivity index (χ4n) is 5.36. The average Bonchev–Trinajstić information content (AvgIpc) is 2.87. The third kappa shape index (κ3) is 4.98. The van der Waals surface area contributed by atoms with E-state index in [1.54, 1.807) is 0 Å². The van der Waals surface area contributed by atoms with Crippen LogP contribution in [0.3, 0.4) is 0 Å². The average molecular weight is 512 g/mol. The van der Waals surface area contributed by atoms with Crippen molar-refractivity contribution in [3.8, 4) is 0 Å². The van der Waals surface area contributed by atoms with Crippen LogP contribution < -0.4 is 10.2 Å². The Labute approximate surface area is 214 Å². The van der Waals surface area contributed by atoms with E-state index in [4.69, 9.17) is 24.2 Å². The number of morpholine rings is 2. The Morgan fingerprint density at radius 3 is 2.41 bits per heavy atom. The zero-order chi connectivity index (χ0) is 25.4. The molecule has 1 N–H and O–H groups in total. The second kappa shape index (κ2) is 10.1. The van der Waals surface area contributed by atoms with Gasteiger partial charge in [0.25, 0.3) is 0 Å². The number of halogens is 2. The van der Waals surface area contributed by atoms with Gasteiger partial charge in [-0.3, -0.25) is 9.88 Å². The molecule has 0 bridgehead atoms. The summed E-state index contributed by atoms with van der Waals surface area (Å²) in [6.45, 7) is 9.03. The van der Waals surface area contributed by atoms with E-state index in [1.807, 2.05) is 13.1 Å². The van der Waals surface area contributed by atoms with Gasteiger partial charge in [0, 0.05) is 43.5 Å². The molecular weight excluding hydrogens is 480 g/mol. The zero-order valence-electron chi connectivity index (χ0n) is 20.9. The van der Waals surface area contributed by atoms with Gasteiger partial charge in [0.1, 0.15) is 17.5 Å². The summed E-state index contributed by atoms with van der Waals surface area (Å²) >= 11 is 0. The van der Waals surface area contributed by atoms with Crippen LogP contribution in [0.1, 0.15) is 24.1 Å². The van der Waals surface area contributed by atoms with Gasteiger partial charge in [-0.2, -0.15) is 0 Å². The maximum atomic E-state index is 13.9. The van der Waals surface area contributed by atoms with Crippen LogP contribution in [0.4, 0.5) is 20.3 Å². The molecule has 6 rings (SSSR count). The maximum Gasteiger partial charge on any atom is 0.148 e. The highest BCUT2D eigenvalue weighted by atomic mass is 19.1. The SMILES string of the molecule is CC(Nc1cc(F)cc(F)c1)c1cc(CN2CCOCC23COC3)cc2ncc(N3CCOCC3)nc12. The van der Waals surface area contributed by atoms with E-state index in [1.165, 1.54) is 12.1 Å². The molecular formula is C27H31F2N5O3. The smallest absolute Gasteiger partial charge is 0.148 e. The van der Waals surface area contributed by atoms with E-state index in [9.17, 15) is 8.78 Å². The lowest BCUT2D eigenvalue weighted by Gasteiger charge is -2.52. The van der Waals surface area contributed by atoms with E-state index in [0.717, 1.165) is 60.2 Å². The molecule has 196 valence electrons. The number of hydrogen-bond acceptors (Lipinski definition) is 8. The summed E-state index contributed by atoms with van der Waals surface area (Å²) < 4.78 is 44.6. The molecule has 4 heterocycles. The fraction of sp³-hybridized carbons (Fsp3) is 0.481. The molecule has 0 aliphatic carbocycles. The first kappa shape index (κ1) is 24.4. The second-order valence-corrected chi connectivity index (χ2v) is 10.1. The minimum Gasteiger partial charge on any atom is -0.378 e. The van der Waals surface area contributed by atoms with Gasteiger partial charge in [-0.05, 0) is 30.7 Å². The molecule has 1 unspecified atom stereocenters. The van der Waals surface area contributed by atoms with Crippen LogP contribution in [0.25, 0.3) is 11.0 Å². The molecule has 0 amide bonds. The summed E-state index contributed by atoms with van der Waals surface area (Å²) in [7, 11) is 0. The lowest BCUT2D eigenvalue weighted by Crippen LogP contribution is -2.67. The number of ether oxygens (including phenoxy) is 3. The number of hydrogen-bond donors (Lipinski definition) is 1. The summed E-state index contributed by atoms with van der Waals surface area (Å²) in [6, 6.07) is 7.41. The van der Waals surface area contributed by atoms with Gasteiger partial charge in [-0.1, -0.05) is 6.07 Å². The quantitative estimate of drug-likeness (QED) is 0.539. The molecule has 8 nitrogen and oxygen atoms in total. The van der Waals surface area contributed by atoms with Crippen LogP contribution in [0.2, 0.25) is 0 Å². The minimum absolute atomic E-state index is 0.0812. The van der Waals surface area contributed by atoms with Crippen molar-refractivity contribution in [3.05, 3.63) is 59.3 Å². The van der Waals surface area contributed by atoms with Gasteiger partial charge in [0.15, 0.2) is 0 Å². The first-order valence-corrected chi connectivity index (χ1v) is 12.7. The van der Waals surface area contributed by atoms with Crippen molar-refractivity contribution in [3.63, 3.8) is 0 Å². The molecule has 1 atom stereocenters. The molecule has 1 aromatic heterocycles. The predicted molar refractivity (Wildman–Crippen MR) is 136 cm³/mol. The molecule has 0 saturated carbocycles.